The molecule has 0 N–H and O–H groups in total. The third-order valence-electron chi connectivity index (χ3n) is 1.23. The molecular formula is C6H4ClN3OS. The number of aromatic nitrogens is 3. The monoisotopic (exact) mass is 201 g/mol. The number of rotatable bonds is 1. The van der Waals surface area contributed by atoms with Crippen molar-refractivity contribution in [3.05, 3.63) is 16.5 Å². The molecule has 0 aliphatic rings. The van der Waals surface area contributed by atoms with Gasteiger partial charge in [-0.25, -0.2) is 4.98 Å². The maximum atomic E-state index is 5.49. The lowest BCUT2D eigenvalue weighted by Crippen LogP contribution is -1.68. The summed E-state index contributed by atoms with van der Waals surface area (Å²) in [4.78, 5) is 8.74. The third kappa shape index (κ3) is 1.33. The molecule has 0 aliphatic carbocycles. The van der Waals surface area contributed by atoms with Gasteiger partial charge in [-0.3, -0.25) is 0 Å². The van der Waals surface area contributed by atoms with Crippen LogP contribution in [0.2, 0.25) is 5.28 Å². The first kappa shape index (κ1) is 7.70. The molecule has 0 amide bonds. The lowest BCUT2D eigenvalue weighted by molar-refractivity contribution is 0.431. The summed E-state index contributed by atoms with van der Waals surface area (Å²) in [6.45, 7) is 1.91. The number of halogens is 1. The summed E-state index contributed by atoms with van der Waals surface area (Å²) in [6.07, 6.45) is 1.68. The van der Waals surface area contributed by atoms with Crippen molar-refractivity contribution in [3.63, 3.8) is 0 Å². The quantitative estimate of drug-likeness (QED) is 0.710. The summed E-state index contributed by atoms with van der Waals surface area (Å²) < 4.78 is 4.84. The van der Waals surface area contributed by atoms with Crippen molar-refractivity contribution in [2.24, 2.45) is 0 Å². The van der Waals surface area contributed by atoms with Crippen LogP contribution in [-0.2, 0) is 0 Å². The molecule has 0 unspecified atom stereocenters. The predicted molar refractivity (Wildman–Crippen MR) is 45.2 cm³/mol. The van der Waals surface area contributed by atoms with Crippen LogP contribution in [0.3, 0.4) is 0 Å². The molecule has 4 nitrogen and oxygen atoms in total. The van der Waals surface area contributed by atoms with Crippen molar-refractivity contribution in [3.8, 4) is 10.8 Å². The Bertz CT molecular complexity index is 359. The number of thiazole rings is 1. The lowest BCUT2D eigenvalue weighted by Gasteiger charge is -1.80. The highest BCUT2D eigenvalue weighted by atomic mass is 35.5. The highest BCUT2D eigenvalue weighted by Crippen LogP contribution is 2.24. The Morgan fingerprint density at radius 2 is 2.42 bits per heavy atom. The fraction of sp³-hybridized carbons (Fsp3) is 0.167. The Morgan fingerprint density at radius 3 is 2.92 bits per heavy atom. The van der Waals surface area contributed by atoms with Gasteiger partial charge in [0.25, 0.3) is 11.2 Å². The molecule has 0 fully saturated rings. The second-order valence-corrected chi connectivity index (χ2v) is 3.68. The molecule has 0 radical (unpaired) electrons. The van der Waals surface area contributed by atoms with Gasteiger partial charge in [-0.05, 0) is 23.7 Å². The van der Waals surface area contributed by atoms with Gasteiger partial charge in [-0.1, -0.05) is 0 Å². The molecule has 0 aromatic carbocycles. The van der Waals surface area contributed by atoms with Gasteiger partial charge < -0.3 is 4.52 Å². The molecule has 2 rings (SSSR count). The standard InChI is InChI=1S/C6H4ClN3OS/c1-3-8-2-4(12-3)5-9-6(7)10-11-5/h2H,1H3. The van der Waals surface area contributed by atoms with Gasteiger partial charge in [0.15, 0.2) is 0 Å². The van der Waals surface area contributed by atoms with Gasteiger partial charge in [0, 0.05) is 0 Å². The van der Waals surface area contributed by atoms with Gasteiger partial charge in [0.2, 0.25) is 0 Å². The van der Waals surface area contributed by atoms with Crippen LogP contribution in [0.15, 0.2) is 10.7 Å². The smallest absolute Gasteiger partial charge is 0.270 e. The van der Waals surface area contributed by atoms with Crippen LogP contribution in [-0.4, -0.2) is 15.1 Å². The van der Waals surface area contributed by atoms with Gasteiger partial charge in [0.1, 0.15) is 4.88 Å². The first-order chi connectivity index (χ1) is 5.75. The fourth-order valence-corrected chi connectivity index (χ4v) is 1.58. The Balaban J connectivity index is 2.43. The number of nitrogens with zero attached hydrogens (tertiary/aromatic N) is 3. The minimum absolute atomic E-state index is 0.121. The second-order valence-electron chi connectivity index (χ2n) is 2.11. The van der Waals surface area contributed by atoms with E-state index in [-0.39, 0.29) is 5.28 Å². The average molecular weight is 202 g/mol. The van der Waals surface area contributed by atoms with E-state index in [1.807, 2.05) is 6.92 Å². The van der Waals surface area contributed by atoms with Gasteiger partial charge >= 0.3 is 0 Å². The molecule has 0 aliphatic heterocycles. The predicted octanol–water partition coefficient (Wildman–Crippen LogP) is 2.15. The molecule has 62 valence electrons. The zero-order valence-electron chi connectivity index (χ0n) is 6.11. The topological polar surface area (TPSA) is 51.8 Å². The van der Waals surface area contributed by atoms with Gasteiger partial charge in [-0.2, -0.15) is 4.98 Å². The molecule has 0 spiro atoms. The summed E-state index contributed by atoms with van der Waals surface area (Å²) >= 11 is 6.97. The van der Waals surface area contributed by atoms with E-state index in [1.54, 1.807) is 6.20 Å². The summed E-state index contributed by atoms with van der Waals surface area (Å²) in [5.74, 6) is 0.422. The molecule has 2 aromatic heterocycles. The van der Waals surface area contributed by atoms with Crippen molar-refractivity contribution in [2.45, 2.75) is 6.92 Å². The van der Waals surface area contributed by atoms with E-state index in [1.165, 1.54) is 11.3 Å². The molecule has 12 heavy (non-hydrogen) atoms. The van der Waals surface area contributed by atoms with Gasteiger partial charge in [-0.15, -0.1) is 11.3 Å². The van der Waals surface area contributed by atoms with E-state index in [0.717, 1.165) is 9.88 Å². The Morgan fingerprint density at radius 1 is 1.58 bits per heavy atom. The first-order valence-corrected chi connectivity index (χ1v) is 4.37. The SMILES string of the molecule is Cc1ncc(-c2nc(Cl)no2)s1. The Kier molecular flexibility index (Phi) is 1.82. The highest BCUT2D eigenvalue weighted by Gasteiger charge is 2.09. The number of aryl methyl sites for hydroxylation is 1. The zero-order chi connectivity index (χ0) is 8.55. The van der Waals surface area contributed by atoms with Crippen LogP contribution in [0, 0.1) is 6.92 Å². The van der Waals surface area contributed by atoms with Crippen molar-refractivity contribution >= 4 is 22.9 Å². The van der Waals surface area contributed by atoms with E-state index in [0.29, 0.717) is 5.89 Å². The molecule has 0 saturated heterocycles. The molecule has 0 bridgehead atoms. The lowest BCUT2D eigenvalue weighted by atomic mass is 10.5. The van der Waals surface area contributed by atoms with E-state index in [4.69, 9.17) is 16.1 Å². The number of hydrogen-bond donors (Lipinski definition) is 0. The van der Waals surface area contributed by atoms with Crippen molar-refractivity contribution in [1.82, 2.24) is 15.1 Å². The normalized spacial score (nSPS) is 10.5. The van der Waals surface area contributed by atoms with Crippen LogP contribution in [0.25, 0.3) is 10.8 Å². The Labute approximate surface area is 77.2 Å². The summed E-state index contributed by atoms with van der Waals surface area (Å²) in [7, 11) is 0. The van der Waals surface area contributed by atoms with Gasteiger partial charge in [0.05, 0.1) is 11.2 Å². The molecule has 0 saturated carbocycles. The summed E-state index contributed by atoms with van der Waals surface area (Å²) in [5.41, 5.74) is 0. The van der Waals surface area contributed by atoms with E-state index >= 15 is 0 Å². The van der Waals surface area contributed by atoms with E-state index in [2.05, 4.69) is 15.1 Å². The third-order valence-corrected chi connectivity index (χ3v) is 2.29. The van der Waals surface area contributed by atoms with E-state index < -0.39 is 0 Å². The summed E-state index contributed by atoms with van der Waals surface area (Å²) in [5, 5.41) is 4.54. The Hall–Kier alpha value is -0.940. The minimum Gasteiger partial charge on any atom is -0.332 e. The first-order valence-electron chi connectivity index (χ1n) is 3.18. The van der Waals surface area contributed by atoms with E-state index in [9.17, 15) is 0 Å². The largest absolute Gasteiger partial charge is 0.332 e. The van der Waals surface area contributed by atoms with Crippen molar-refractivity contribution in [1.29, 1.82) is 0 Å². The average Bonchev–Trinajstić information content (AvgIpc) is 2.58. The molecular weight excluding hydrogens is 198 g/mol. The zero-order valence-corrected chi connectivity index (χ0v) is 7.69. The van der Waals surface area contributed by atoms with Crippen LogP contribution in [0.4, 0.5) is 0 Å². The molecule has 2 aromatic rings. The molecule has 2 heterocycles. The number of hydrogen-bond acceptors (Lipinski definition) is 5. The van der Waals surface area contributed by atoms with Crippen LogP contribution in [0.1, 0.15) is 5.01 Å². The highest BCUT2D eigenvalue weighted by molar-refractivity contribution is 7.14. The second kappa shape index (κ2) is 2.84. The maximum absolute atomic E-state index is 5.49. The maximum Gasteiger partial charge on any atom is 0.270 e. The molecule has 0 atom stereocenters. The fourth-order valence-electron chi connectivity index (χ4n) is 0.766. The van der Waals surface area contributed by atoms with Crippen LogP contribution < -0.4 is 0 Å². The van der Waals surface area contributed by atoms with Crippen LogP contribution in [0.5, 0.6) is 0 Å². The molecule has 6 heteroatoms. The van der Waals surface area contributed by atoms with Crippen molar-refractivity contribution < 1.29 is 4.52 Å². The summed E-state index contributed by atoms with van der Waals surface area (Å²) in [6, 6.07) is 0. The van der Waals surface area contributed by atoms with Crippen molar-refractivity contribution in [2.75, 3.05) is 0 Å². The van der Waals surface area contributed by atoms with Crippen LogP contribution >= 0.6 is 22.9 Å². The minimum atomic E-state index is 0.121.